The van der Waals surface area contributed by atoms with Crippen molar-refractivity contribution in [2.45, 2.75) is 19.9 Å². The maximum absolute atomic E-state index is 11.8. The number of fused-ring (bicyclic) bond motifs is 1. The van der Waals surface area contributed by atoms with Crippen LogP contribution in [0, 0.1) is 0 Å². The first kappa shape index (κ1) is 14.1. The number of para-hydroxylation sites is 1. The van der Waals surface area contributed by atoms with E-state index in [1.54, 1.807) is 6.92 Å². The van der Waals surface area contributed by atoms with E-state index < -0.39 is 9.84 Å². The molecular formula is C14H19NO3S. The number of rotatable bonds is 6. The summed E-state index contributed by atoms with van der Waals surface area (Å²) in [5, 5.41) is 4.17. The molecule has 0 fully saturated rings. The predicted molar refractivity (Wildman–Crippen MR) is 77.0 cm³/mol. The Kier molecular flexibility index (Phi) is 4.27. The van der Waals surface area contributed by atoms with Crippen molar-refractivity contribution in [1.82, 2.24) is 5.32 Å². The van der Waals surface area contributed by atoms with E-state index in [1.807, 2.05) is 37.3 Å². The van der Waals surface area contributed by atoms with Gasteiger partial charge in [-0.3, -0.25) is 0 Å². The molecule has 2 rings (SSSR count). The first-order valence-corrected chi connectivity index (χ1v) is 8.30. The standard InChI is InChI=1S/C14H19NO3S/c1-3-15-12(10-19(16,17)4-2)14-9-11-7-5-6-8-13(11)18-14/h5-9,12,15H,3-4,10H2,1-2H3. The van der Waals surface area contributed by atoms with Gasteiger partial charge in [-0.15, -0.1) is 0 Å². The zero-order valence-electron chi connectivity index (χ0n) is 11.2. The lowest BCUT2D eigenvalue weighted by Gasteiger charge is -2.14. The van der Waals surface area contributed by atoms with E-state index in [-0.39, 0.29) is 17.5 Å². The second-order valence-corrected chi connectivity index (χ2v) is 6.89. The summed E-state index contributed by atoms with van der Waals surface area (Å²) in [6.07, 6.45) is 0. The van der Waals surface area contributed by atoms with Gasteiger partial charge in [0.05, 0.1) is 11.8 Å². The minimum absolute atomic E-state index is 0.0666. The summed E-state index contributed by atoms with van der Waals surface area (Å²) in [6, 6.07) is 9.30. The second kappa shape index (κ2) is 5.75. The number of benzene rings is 1. The fourth-order valence-corrected chi connectivity index (χ4v) is 3.06. The van der Waals surface area contributed by atoms with Gasteiger partial charge < -0.3 is 9.73 Å². The molecule has 1 unspecified atom stereocenters. The molecular weight excluding hydrogens is 262 g/mol. The largest absolute Gasteiger partial charge is 0.459 e. The Morgan fingerprint density at radius 3 is 2.63 bits per heavy atom. The molecule has 5 heteroatoms. The molecule has 1 N–H and O–H groups in total. The lowest BCUT2D eigenvalue weighted by atomic mass is 10.2. The molecule has 0 bridgehead atoms. The van der Waals surface area contributed by atoms with Gasteiger partial charge >= 0.3 is 0 Å². The lowest BCUT2D eigenvalue weighted by Crippen LogP contribution is -2.28. The Morgan fingerprint density at radius 2 is 2.00 bits per heavy atom. The predicted octanol–water partition coefficient (Wildman–Crippen LogP) is 2.52. The van der Waals surface area contributed by atoms with Crippen LogP contribution < -0.4 is 5.32 Å². The van der Waals surface area contributed by atoms with Gasteiger partial charge in [-0.1, -0.05) is 32.0 Å². The molecule has 0 aliphatic heterocycles. The molecule has 0 aliphatic rings. The Hall–Kier alpha value is -1.33. The lowest BCUT2D eigenvalue weighted by molar-refractivity contribution is 0.456. The Labute approximate surface area is 113 Å². The molecule has 0 saturated carbocycles. The molecule has 4 nitrogen and oxygen atoms in total. The first-order chi connectivity index (χ1) is 9.05. The average Bonchev–Trinajstić information content (AvgIpc) is 2.82. The summed E-state index contributed by atoms with van der Waals surface area (Å²) in [5.41, 5.74) is 0.786. The third-order valence-electron chi connectivity index (χ3n) is 3.10. The van der Waals surface area contributed by atoms with E-state index in [2.05, 4.69) is 5.32 Å². The second-order valence-electron chi connectivity index (χ2n) is 4.50. The van der Waals surface area contributed by atoms with Crippen molar-refractivity contribution in [1.29, 1.82) is 0 Å². The molecule has 1 aromatic heterocycles. The average molecular weight is 281 g/mol. The van der Waals surface area contributed by atoms with E-state index in [9.17, 15) is 8.42 Å². The maximum atomic E-state index is 11.8. The summed E-state index contributed by atoms with van der Waals surface area (Å²) in [4.78, 5) is 0. The normalized spacial score (nSPS) is 13.8. The van der Waals surface area contributed by atoms with Crippen LogP contribution in [0.1, 0.15) is 25.6 Å². The van der Waals surface area contributed by atoms with Crippen molar-refractivity contribution < 1.29 is 12.8 Å². The van der Waals surface area contributed by atoms with Crippen LogP contribution in [0.2, 0.25) is 0 Å². The minimum Gasteiger partial charge on any atom is -0.459 e. The van der Waals surface area contributed by atoms with Gasteiger partial charge in [-0.2, -0.15) is 0 Å². The topological polar surface area (TPSA) is 59.3 Å². The summed E-state index contributed by atoms with van der Waals surface area (Å²) in [6.45, 7) is 4.31. The van der Waals surface area contributed by atoms with Gasteiger partial charge in [0.15, 0.2) is 9.84 Å². The molecule has 1 aromatic carbocycles. The molecule has 0 radical (unpaired) electrons. The van der Waals surface area contributed by atoms with Gasteiger partial charge in [-0.25, -0.2) is 8.42 Å². The highest BCUT2D eigenvalue weighted by molar-refractivity contribution is 7.91. The highest BCUT2D eigenvalue weighted by atomic mass is 32.2. The van der Waals surface area contributed by atoms with E-state index in [4.69, 9.17) is 4.42 Å². The van der Waals surface area contributed by atoms with Crippen LogP contribution in [-0.2, 0) is 9.84 Å². The van der Waals surface area contributed by atoms with Gasteiger partial charge in [-0.05, 0) is 18.7 Å². The Morgan fingerprint density at radius 1 is 1.26 bits per heavy atom. The number of sulfone groups is 1. The SMILES string of the molecule is CCNC(CS(=O)(=O)CC)c1cc2ccccc2o1. The number of furan rings is 1. The monoisotopic (exact) mass is 281 g/mol. The van der Waals surface area contributed by atoms with Crippen molar-refractivity contribution in [2.75, 3.05) is 18.1 Å². The van der Waals surface area contributed by atoms with E-state index >= 15 is 0 Å². The van der Waals surface area contributed by atoms with Gasteiger partial charge in [0.1, 0.15) is 11.3 Å². The number of hydrogen-bond donors (Lipinski definition) is 1. The maximum Gasteiger partial charge on any atom is 0.152 e. The first-order valence-electron chi connectivity index (χ1n) is 6.48. The van der Waals surface area contributed by atoms with Crippen LogP contribution in [0.15, 0.2) is 34.7 Å². The zero-order chi connectivity index (χ0) is 13.9. The molecule has 0 amide bonds. The smallest absolute Gasteiger partial charge is 0.152 e. The summed E-state index contributed by atoms with van der Waals surface area (Å²) in [5.74, 6) is 0.895. The van der Waals surface area contributed by atoms with Gasteiger partial charge in [0.2, 0.25) is 0 Å². The number of hydrogen-bond acceptors (Lipinski definition) is 4. The third-order valence-corrected chi connectivity index (χ3v) is 4.82. The van der Waals surface area contributed by atoms with Crippen molar-refractivity contribution in [3.05, 3.63) is 36.1 Å². The highest BCUT2D eigenvalue weighted by Gasteiger charge is 2.21. The van der Waals surface area contributed by atoms with Gasteiger partial charge in [0, 0.05) is 11.1 Å². The van der Waals surface area contributed by atoms with Crippen LogP contribution in [0.3, 0.4) is 0 Å². The molecule has 1 heterocycles. The third kappa shape index (κ3) is 3.36. The van der Waals surface area contributed by atoms with Crippen LogP contribution >= 0.6 is 0 Å². The zero-order valence-corrected chi connectivity index (χ0v) is 12.0. The van der Waals surface area contributed by atoms with Crippen LogP contribution in [-0.4, -0.2) is 26.5 Å². The van der Waals surface area contributed by atoms with Crippen molar-refractivity contribution in [3.63, 3.8) is 0 Å². The van der Waals surface area contributed by atoms with Gasteiger partial charge in [0.25, 0.3) is 0 Å². The van der Waals surface area contributed by atoms with Crippen molar-refractivity contribution in [2.24, 2.45) is 0 Å². The Balaban J connectivity index is 2.32. The summed E-state index contributed by atoms with van der Waals surface area (Å²) in [7, 11) is -3.05. The minimum atomic E-state index is -3.05. The number of nitrogens with one attached hydrogen (secondary N) is 1. The van der Waals surface area contributed by atoms with E-state index in [0.717, 1.165) is 11.0 Å². The quantitative estimate of drug-likeness (QED) is 0.884. The van der Waals surface area contributed by atoms with Crippen LogP contribution in [0.5, 0.6) is 0 Å². The summed E-state index contributed by atoms with van der Waals surface area (Å²) >= 11 is 0. The fourth-order valence-electron chi connectivity index (χ4n) is 2.03. The molecule has 0 aliphatic carbocycles. The van der Waals surface area contributed by atoms with Crippen LogP contribution in [0.4, 0.5) is 0 Å². The molecule has 19 heavy (non-hydrogen) atoms. The van der Waals surface area contributed by atoms with Crippen molar-refractivity contribution in [3.8, 4) is 0 Å². The van der Waals surface area contributed by atoms with E-state index in [0.29, 0.717) is 12.3 Å². The van der Waals surface area contributed by atoms with Crippen molar-refractivity contribution >= 4 is 20.8 Å². The molecule has 104 valence electrons. The molecule has 0 saturated heterocycles. The Bertz CT molecular complexity index is 613. The van der Waals surface area contributed by atoms with E-state index in [1.165, 1.54) is 0 Å². The van der Waals surface area contributed by atoms with Crippen LogP contribution in [0.25, 0.3) is 11.0 Å². The molecule has 1 atom stereocenters. The highest BCUT2D eigenvalue weighted by Crippen LogP contribution is 2.24. The molecule has 2 aromatic rings. The fraction of sp³-hybridized carbons (Fsp3) is 0.429. The summed E-state index contributed by atoms with van der Waals surface area (Å²) < 4.78 is 29.3. The molecule has 0 spiro atoms.